The summed E-state index contributed by atoms with van der Waals surface area (Å²) in [6, 6.07) is 10.2. The van der Waals surface area contributed by atoms with Crippen molar-refractivity contribution >= 4 is 17.6 Å². The highest BCUT2D eigenvalue weighted by Gasteiger charge is 2.33. The minimum absolute atomic E-state index is 0.113. The molecule has 2 aromatic carbocycles. The van der Waals surface area contributed by atoms with Crippen molar-refractivity contribution in [2.75, 3.05) is 21.3 Å². The number of ketones is 2. The number of Topliss-reactive ketones (excluding diaryl/α,β-unsaturated/α-hetero) is 2. The SMILES string of the molecule is COc1ccc(C=C2C(=O)c3ccccc3C2=O)c(OC)c1OC. The van der Waals surface area contributed by atoms with Gasteiger partial charge in [0, 0.05) is 16.7 Å². The smallest absolute Gasteiger partial charge is 0.203 e. The van der Waals surface area contributed by atoms with Gasteiger partial charge in [-0.05, 0) is 18.2 Å². The molecule has 1 aliphatic carbocycles. The summed E-state index contributed by atoms with van der Waals surface area (Å²) in [5.41, 5.74) is 1.53. The van der Waals surface area contributed by atoms with E-state index in [0.29, 0.717) is 33.9 Å². The molecule has 0 fully saturated rings. The molecule has 0 radical (unpaired) electrons. The van der Waals surface area contributed by atoms with E-state index in [0.717, 1.165) is 0 Å². The van der Waals surface area contributed by atoms with Crippen LogP contribution < -0.4 is 14.2 Å². The van der Waals surface area contributed by atoms with Crippen LogP contribution in [0.15, 0.2) is 42.0 Å². The van der Waals surface area contributed by atoms with Crippen LogP contribution in [0.5, 0.6) is 17.2 Å². The fourth-order valence-electron chi connectivity index (χ4n) is 2.80. The first-order valence-corrected chi connectivity index (χ1v) is 7.31. The van der Waals surface area contributed by atoms with Crippen molar-refractivity contribution in [2.45, 2.75) is 0 Å². The maximum atomic E-state index is 12.5. The number of fused-ring (bicyclic) bond motifs is 1. The molecule has 0 bridgehead atoms. The summed E-state index contributed by atoms with van der Waals surface area (Å²) >= 11 is 0. The molecule has 0 heterocycles. The van der Waals surface area contributed by atoms with Gasteiger partial charge in [-0.1, -0.05) is 24.3 Å². The molecule has 5 nitrogen and oxygen atoms in total. The molecule has 0 unspecified atom stereocenters. The van der Waals surface area contributed by atoms with Gasteiger partial charge >= 0.3 is 0 Å². The molecule has 0 amide bonds. The average Bonchev–Trinajstić information content (AvgIpc) is 2.86. The van der Waals surface area contributed by atoms with Crippen LogP contribution in [0.1, 0.15) is 26.3 Å². The van der Waals surface area contributed by atoms with Gasteiger partial charge in [-0.15, -0.1) is 0 Å². The fraction of sp³-hybridized carbons (Fsp3) is 0.158. The van der Waals surface area contributed by atoms with Crippen LogP contribution in [0.3, 0.4) is 0 Å². The molecule has 0 spiro atoms. The summed E-state index contributed by atoms with van der Waals surface area (Å²) in [5, 5.41) is 0. The highest BCUT2D eigenvalue weighted by Crippen LogP contribution is 2.41. The summed E-state index contributed by atoms with van der Waals surface area (Å²) in [6.45, 7) is 0. The van der Waals surface area contributed by atoms with Crippen molar-refractivity contribution in [1.82, 2.24) is 0 Å². The standard InChI is InChI=1S/C19H16O5/c1-22-15-9-8-11(18(23-2)19(15)24-3)10-14-16(20)12-6-4-5-7-13(12)17(14)21/h4-10H,1-3H3. The zero-order chi connectivity index (χ0) is 17.3. The number of carbonyl (C=O) groups is 2. The van der Waals surface area contributed by atoms with Gasteiger partial charge < -0.3 is 14.2 Å². The van der Waals surface area contributed by atoms with Crippen molar-refractivity contribution in [2.24, 2.45) is 0 Å². The topological polar surface area (TPSA) is 61.8 Å². The lowest BCUT2D eigenvalue weighted by Crippen LogP contribution is -2.02. The van der Waals surface area contributed by atoms with Crippen LogP contribution in [0, 0.1) is 0 Å². The third-order valence-corrected chi connectivity index (χ3v) is 3.94. The minimum atomic E-state index is -0.285. The molecule has 0 N–H and O–H groups in total. The molecule has 0 aliphatic heterocycles. The Balaban J connectivity index is 2.14. The largest absolute Gasteiger partial charge is 0.493 e. The van der Waals surface area contributed by atoms with Crippen LogP contribution in [0.4, 0.5) is 0 Å². The molecule has 5 heteroatoms. The van der Waals surface area contributed by atoms with E-state index in [2.05, 4.69) is 0 Å². The number of methoxy groups -OCH3 is 3. The Labute approximate surface area is 139 Å². The van der Waals surface area contributed by atoms with E-state index in [1.807, 2.05) is 0 Å². The average molecular weight is 324 g/mol. The Morgan fingerprint density at radius 1 is 0.750 bits per heavy atom. The second-order valence-corrected chi connectivity index (χ2v) is 5.19. The fourth-order valence-corrected chi connectivity index (χ4v) is 2.80. The maximum Gasteiger partial charge on any atom is 0.203 e. The Hall–Kier alpha value is -3.08. The predicted octanol–water partition coefficient (Wildman–Crippen LogP) is 3.18. The zero-order valence-corrected chi connectivity index (χ0v) is 13.6. The summed E-state index contributed by atoms with van der Waals surface area (Å²) in [6.07, 6.45) is 1.53. The molecule has 0 atom stereocenters. The van der Waals surface area contributed by atoms with E-state index in [1.165, 1.54) is 27.4 Å². The predicted molar refractivity (Wildman–Crippen MR) is 89.2 cm³/mol. The van der Waals surface area contributed by atoms with Crippen molar-refractivity contribution in [1.29, 1.82) is 0 Å². The van der Waals surface area contributed by atoms with Gasteiger partial charge in [-0.3, -0.25) is 9.59 Å². The number of ether oxygens (including phenoxy) is 3. The number of benzene rings is 2. The molecule has 0 saturated heterocycles. The van der Waals surface area contributed by atoms with Gasteiger partial charge in [0.15, 0.2) is 23.1 Å². The molecular weight excluding hydrogens is 308 g/mol. The lowest BCUT2D eigenvalue weighted by molar-refractivity contribution is 0.0990. The van der Waals surface area contributed by atoms with E-state index in [4.69, 9.17) is 14.2 Å². The Morgan fingerprint density at radius 2 is 1.33 bits per heavy atom. The Bertz CT molecular complexity index is 827. The van der Waals surface area contributed by atoms with Crippen LogP contribution in [-0.2, 0) is 0 Å². The quantitative estimate of drug-likeness (QED) is 0.638. The van der Waals surface area contributed by atoms with Crippen LogP contribution in [-0.4, -0.2) is 32.9 Å². The molecule has 1 aliphatic rings. The molecular formula is C19H16O5. The Morgan fingerprint density at radius 3 is 1.83 bits per heavy atom. The minimum Gasteiger partial charge on any atom is -0.493 e. The van der Waals surface area contributed by atoms with E-state index in [1.54, 1.807) is 36.4 Å². The highest BCUT2D eigenvalue weighted by molar-refractivity contribution is 6.41. The van der Waals surface area contributed by atoms with Gasteiger partial charge in [0.2, 0.25) is 5.75 Å². The third-order valence-electron chi connectivity index (χ3n) is 3.94. The number of allylic oxidation sites excluding steroid dienone is 1. The first-order valence-electron chi connectivity index (χ1n) is 7.31. The molecule has 0 saturated carbocycles. The van der Waals surface area contributed by atoms with Crippen molar-refractivity contribution < 1.29 is 23.8 Å². The van der Waals surface area contributed by atoms with E-state index < -0.39 is 0 Å². The summed E-state index contributed by atoms with van der Waals surface area (Å²) in [5.74, 6) is 0.745. The van der Waals surface area contributed by atoms with E-state index in [-0.39, 0.29) is 17.1 Å². The first-order chi connectivity index (χ1) is 11.6. The summed E-state index contributed by atoms with van der Waals surface area (Å²) in [7, 11) is 4.52. The Kier molecular flexibility index (Phi) is 4.08. The number of hydrogen-bond acceptors (Lipinski definition) is 5. The lowest BCUT2D eigenvalue weighted by Gasteiger charge is -2.14. The number of rotatable bonds is 4. The molecule has 122 valence electrons. The lowest BCUT2D eigenvalue weighted by atomic mass is 10.1. The van der Waals surface area contributed by atoms with Crippen LogP contribution in [0.25, 0.3) is 6.08 Å². The van der Waals surface area contributed by atoms with Crippen LogP contribution in [0.2, 0.25) is 0 Å². The third kappa shape index (κ3) is 2.34. The van der Waals surface area contributed by atoms with Gasteiger partial charge in [-0.25, -0.2) is 0 Å². The van der Waals surface area contributed by atoms with Crippen molar-refractivity contribution in [3.8, 4) is 17.2 Å². The van der Waals surface area contributed by atoms with Gasteiger partial charge in [0.05, 0.1) is 26.9 Å². The zero-order valence-electron chi connectivity index (χ0n) is 13.6. The monoisotopic (exact) mass is 324 g/mol. The molecule has 0 aromatic heterocycles. The summed E-state index contributed by atoms with van der Waals surface area (Å²) < 4.78 is 16.0. The van der Waals surface area contributed by atoms with E-state index >= 15 is 0 Å². The maximum absolute atomic E-state index is 12.5. The second-order valence-electron chi connectivity index (χ2n) is 5.19. The number of hydrogen-bond donors (Lipinski definition) is 0. The normalized spacial score (nSPS) is 12.9. The first kappa shape index (κ1) is 15.8. The highest BCUT2D eigenvalue weighted by atomic mass is 16.5. The van der Waals surface area contributed by atoms with Gasteiger partial charge in [0.1, 0.15) is 0 Å². The van der Waals surface area contributed by atoms with Gasteiger partial charge in [0.25, 0.3) is 0 Å². The van der Waals surface area contributed by atoms with Crippen molar-refractivity contribution in [3.63, 3.8) is 0 Å². The van der Waals surface area contributed by atoms with Gasteiger partial charge in [-0.2, -0.15) is 0 Å². The molecule has 2 aromatic rings. The molecule has 3 rings (SSSR count). The number of carbonyl (C=O) groups excluding carboxylic acids is 2. The molecule has 24 heavy (non-hydrogen) atoms. The second kappa shape index (κ2) is 6.20. The van der Waals surface area contributed by atoms with E-state index in [9.17, 15) is 9.59 Å². The summed E-state index contributed by atoms with van der Waals surface area (Å²) in [4.78, 5) is 25.0. The van der Waals surface area contributed by atoms with Crippen molar-refractivity contribution in [3.05, 3.63) is 58.7 Å². The van der Waals surface area contributed by atoms with Crippen LogP contribution >= 0.6 is 0 Å².